The van der Waals surface area contributed by atoms with E-state index in [9.17, 15) is 0 Å². The molecule has 1 N–H and O–H groups in total. The first-order chi connectivity index (χ1) is 6.74. The van der Waals surface area contributed by atoms with Crippen molar-refractivity contribution in [2.45, 2.75) is 12.5 Å². The quantitative estimate of drug-likeness (QED) is 0.748. The molecule has 0 saturated carbocycles. The zero-order chi connectivity index (χ0) is 10.4. The topological polar surface area (TPSA) is 41.0 Å². The molecule has 1 atom stereocenters. The Morgan fingerprint density at radius 2 is 2.21 bits per heavy atom. The van der Waals surface area contributed by atoms with Gasteiger partial charge in [-0.2, -0.15) is 0 Å². The largest absolute Gasteiger partial charge is 0.312 e. The molecule has 0 aliphatic rings. The summed E-state index contributed by atoms with van der Waals surface area (Å²) in [5.41, 5.74) is 1.01. The lowest BCUT2D eigenvalue weighted by Crippen LogP contribution is -2.23. The van der Waals surface area contributed by atoms with Crippen LogP contribution in [0.3, 0.4) is 0 Å². The molecule has 1 heterocycles. The molecular formula is C10H18N4. The summed E-state index contributed by atoms with van der Waals surface area (Å²) < 4.78 is 0. The Balaban J connectivity index is 2.54. The van der Waals surface area contributed by atoms with Crippen LogP contribution in [0.5, 0.6) is 0 Å². The minimum absolute atomic E-state index is 0.297. The molecule has 1 aromatic rings. The summed E-state index contributed by atoms with van der Waals surface area (Å²) >= 11 is 0. The van der Waals surface area contributed by atoms with Gasteiger partial charge in [0.05, 0.1) is 11.7 Å². The first-order valence-electron chi connectivity index (χ1n) is 4.82. The molecule has 4 nitrogen and oxygen atoms in total. The zero-order valence-electron chi connectivity index (χ0n) is 9.07. The van der Waals surface area contributed by atoms with Gasteiger partial charge in [-0.1, -0.05) is 0 Å². The van der Waals surface area contributed by atoms with Crippen LogP contribution in [0, 0.1) is 0 Å². The minimum atomic E-state index is 0.297. The average Bonchev–Trinajstić information content (AvgIpc) is 2.20. The Labute approximate surface area is 85.4 Å². The van der Waals surface area contributed by atoms with Crippen molar-refractivity contribution in [2.75, 3.05) is 27.7 Å². The summed E-state index contributed by atoms with van der Waals surface area (Å²) in [4.78, 5) is 10.5. The molecule has 0 amide bonds. The lowest BCUT2D eigenvalue weighted by molar-refractivity contribution is 0.366. The van der Waals surface area contributed by atoms with Gasteiger partial charge in [0.2, 0.25) is 0 Å². The normalized spacial score (nSPS) is 13.1. The third-order valence-corrected chi connectivity index (χ3v) is 2.15. The van der Waals surface area contributed by atoms with E-state index in [4.69, 9.17) is 0 Å². The molecule has 0 aliphatic carbocycles. The molecule has 0 spiro atoms. The third-order valence-electron chi connectivity index (χ3n) is 2.15. The van der Waals surface area contributed by atoms with Gasteiger partial charge in [0.25, 0.3) is 0 Å². The van der Waals surface area contributed by atoms with Gasteiger partial charge >= 0.3 is 0 Å². The van der Waals surface area contributed by atoms with Crippen LogP contribution in [0.25, 0.3) is 0 Å². The van der Waals surface area contributed by atoms with E-state index in [2.05, 4.69) is 34.3 Å². The summed E-state index contributed by atoms with van der Waals surface area (Å²) in [7, 11) is 6.10. The van der Waals surface area contributed by atoms with Crippen LogP contribution in [0.2, 0.25) is 0 Å². The van der Waals surface area contributed by atoms with E-state index in [1.807, 2.05) is 13.2 Å². The lowest BCUT2D eigenvalue weighted by atomic mass is 10.1. The molecule has 0 radical (unpaired) electrons. The SMILES string of the molecule is CNC(CCN(C)C)c1cnccn1. The first-order valence-corrected chi connectivity index (χ1v) is 4.82. The molecule has 14 heavy (non-hydrogen) atoms. The molecule has 0 bridgehead atoms. The summed E-state index contributed by atoms with van der Waals surface area (Å²) in [5, 5.41) is 3.24. The minimum Gasteiger partial charge on any atom is -0.312 e. The van der Waals surface area contributed by atoms with Crippen LogP contribution in [-0.4, -0.2) is 42.6 Å². The number of nitrogens with one attached hydrogen (secondary N) is 1. The molecule has 0 aliphatic heterocycles. The van der Waals surface area contributed by atoms with E-state index >= 15 is 0 Å². The van der Waals surface area contributed by atoms with Crippen LogP contribution in [0.1, 0.15) is 18.2 Å². The van der Waals surface area contributed by atoms with Gasteiger partial charge in [-0.15, -0.1) is 0 Å². The highest BCUT2D eigenvalue weighted by atomic mass is 15.1. The number of rotatable bonds is 5. The maximum Gasteiger partial charge on any atom is 0.0756 e. The fraction of sp³-hybridized carbons (Fsp3) is 0.600. The Morgan fingerprint density at radius 3 is 2.71 bits per heavy atom. The van der Waals surface area contributed by atoms with E-state index in [0.29, 0.717) is 6.04 Å². The average molecular weight is 194 g/mol. The van der Waals surface area contributed by atoms with E-state index in [0.717, 1.165) is 18.7 Å². The highest BCUT2D eigenvalue weighted by Gasteiger charge is 2.10. The monoisotopic (exact) mass is 194 g/mol. The molecule has 0 saturated heterocycles. The Morgan fingerprint density at radius 1 is 1.43 bits per heavy atom. The second-order valence-electron chi connectivity index (χ2n) is 3.56. The highest BCUT2D eigenvalue weighted by Crippen LogP contribution is 2.11. The second kappa shape index (κ2) is 5.67. The fourth-order valence-corrected chi connectivity index (χ4v) is 1.32. The van der Waals surface area contributed by atoms with Crippen LogP contribution in [-0.2, 0) is 0 Å². The van der Waals surface area contributed by atoms with E-state index in [1.165, 1.54) is 0 Å². The molecule has 0 aromatic carbocycles. The van der Waals surface area contributed by atoms with Gasteiger partial charge in [-0.05, 0) is 34.1 Å². The van der Waals surface area contributed by atoms with Crippen LogP contribution in [0.4, 0.5) is 0 Å². The van der Waals surface area contributed by atoms with Gasteiger partial charge in [0, 0.05) is 18.6 Å². The molecular weight excluding hydrogens is 176 g/mol. The van der Waals surface area contributed by atoms with Gasteiger partial charge < -0.3 is 10.2 Å². The summed E-state index contributed by atoms with van der Waals surface area (Å²) in [6, 6.07) is 0.297. The van der Waals surface area contributed by atoms with Crippen LogP contribution < -0.4 is 5.32 Å². The third kappa shape index (κ3) is 3.40. The standard InChI is InChI=1S/C10H18N4/c1-11-9(4-7-14(2)3)10-8-12-5-6-13-10/h5-6,8-9,11H,4,7H2,1-3H3. The maximum atomic E-state index is 4.28. The maximum absolute atomic E-state index is 4.28. The van der Waals surface area contributed by atoms with Gasteiger partial charge in [0.1, 0.15) is 0 Å². The summed E-state index contributed by atoms with van der Waals surface area (Å²) in [6.07, 6.45) is 6.29. The van der Waals surface area contributed by atoms with Crippen molar-refractivity contribution in [2.24, 2.45) is 0 Å². The van der Waals surface area contributed by atoms with Gasteiger partial charge in [-0.3, -0.25) is 9.97 Å². The number of hydrogen-bond acceptors (Lipinski definition) is 4. The van der Waals surface area contributed by atoms with Crippen molar-refractivity contribution in [3.05, 3.63) is 24.3 Å². The van der Waals surface area contributed by atoms with Crippen LogP contribution >= 0.6 is 0 Å². The van der Waals surface area contributed by atoms with Crippen molar-refractivity contribution in [1.82, 2.24) is 20.2 Å². The van der Waals surface area contributed by atoms with E-state index < -0.39 is 0 Å². The Kier molecular flexibility index (Phi) is 4.49. The van der Waals surface area contributed by atoms with Crippen molar-refractivity contribution >= 4 is 0 Å². The zero-order valence-corrected chi connectivity index (χ0v) is 9.07. The van der Waals surface area contributed by atoms with Crippen LogP contribution in [0.15, 0.2) is 18.6 Å². The number of aromatic nitrogens is 2. The van der Waals surface area contributed by atoms with Crippen molar-refractivity contribution in [1.29, 1.82) is 0 Å². The predicted octanol–water partition coefficient (Wildman–Crippen LogP) is 0.689. The fourth-order valence-electron chi connectivity index (χ4n) is 1.32. The lowest BCUT2D eigenvalue weighted by Gasteiger charge is -2.17. The smallest absolute Gasteiger partial charge is 0.0756 e. The van der Waals surface area contributed by atoms with Gasteiger partial charge in [-0.25, -0.2) is 0 Å². The van der Waals surface area contributed by atoms with Crippen molar-refractivity contribution in [3.63, 3.8) is 0 Å². The first kappa shape index (κ1) is 11.1. The number of hydrogen-bond donors (Lipinski definition) is 1. The summed E-state index contributed by atoms with van der Waals surface area (Å²) in [6.45, 7) is 1.04. The molecule has 4 heteroatoms. The van der Waals surface area contributed by atoms with Crippen molar-refractivity contribution < 1.29 is 0 Å². The van der Waals surface area contributed by atoms with Crippen molar-refractivity contribution in [3.8, 4) is 0 Å². The Bertz CT molecular complexity index is 248. The van der Waals surface area contributed by atoms with Gasteiger partial charge in [0.15, 0.2) is 0 Å². The summed E-state index contributed by atoms with van der Waals surface area (Å²) in [5.74, 6) is 0. The molecule has 1 aromatic heterocycles. The molecule has 1 rings (SSSR count). The second-order valence-corrected chi connectivity index (χ2v) is 3.56. The highest BCUT2D eigenvalue weighted by molar-refractivity contribution is 5.01. The molecule has 1 unspecified atom stereocenters. The van der Waals surface area contributed by atoms with E-state index in [1.54, 1.807) is 12.4 Å². The predicted molar refractivity (Wildman–Crippen MR) is 57.0 cm³/mol. The number of nitrogens with zero attached hydrogens (tertiary/aromatic N) is 3. The Hall–Kier alpha value is -1.00. The molecule has 0 fully saturated rings. The van der Waals surface area contributed by atoms with E-state index in [-0.39, 0.29) is 0 Å². The molecule has 78 valence electrons.